The number of hydrogen-bond donors (Lipinski definition) is 14. The number of carbonyl (C=O) groups excluding carboxylic acids is 1. The fourth-order valence-electron chi connectivity index (χ4n) is 5.47. The monoisotopic (exact) mass is 693 g/mol. The zero-order chi connectivity index (χ0) is 35.3. The van der Waals surface area contributed by atoms with Crippen molar-refractivity contribution in [1.82, 2.24) is 5.32 Å². The number of carbonyl (C=O) groups is 1. The van der Waals surface area contributed by atoms with Crippen molar-refractivity contribution in [2.45, 2.75) is 130 Å². The summed E-state index contributed by atoms with van der Waals surface area (Å²) < 4.78 is 33.8. The van der Waals surface area contributed by atoms with E-state index < -0.39 is 149 Å². The number of ether oxygens (including phenoxy) is 6. The van der Waals surface area contributed by atoms with Crippen LogP contribution in [0.2, 0.25) is 0 Å². The van der Waals surface area contributed by atoms with Gasteiger partial charge in [-0.1, -0.05) is 0 Å². The van der Waals surface area contributed by atoms with Crippen LogP contribution in [0.25, 0.3) is 0 Å². The molecule has 21 heteroatoms. The van der Waals surface area contributed by atoms with Crippen molar-refractivity contribution in [3.05, 3.63) is 0 Å². The van der Waals surface area contributed by atoms with Crippen molar-refractivity contribution in [3.8, 4) is 0 Å². The molecule has 0 bridgehead atoms. The molecule has 19 atom stereocenters. The molecule has 3 aliphatic rings. The zero-order valence-electron chi connectivity index (χ0n) is 25.5. The molecule has 0 aromatic heterocycles. The van der Waals surface area contributed by atoms with Crippen LogP contribution in [0.1, 0.15) is 13.8 Å². The van der Waals surface area contributed by atoms with Gasteiger partial charge in [0.05, 0.1) is 38.6 Å². The first-order chi connectivity index (χ1) is 22.1. The third-order valence-corrected chi connectivity index (χ3v) is 8.23. The molecule has 0 saturated carbocycles. The number of nitrogens with one attached hydrogen (secondary N) is 1. The van der Waals surface area contributed by atoms with Crippen LogP contribution in [0, 0.1) is 0 Å². The number of aliphatic hydroxyl groups is 13. The lowest BCUT2D eigenvalue weighted by atomic mass is 9.95. The van der Waals surface area contributed by atoms with Crippen LogP contribution in [0.4, 0.5) is 0 Å². The van der Waals surface area contributed by atoms with E-state index in [1.165, 1.54) is 6.92 Å². The molecule has 19 unspecified atom stereocenters. The molecule has 0 aromatic carbocycles. The summed E-state index contributed by atoms with van der Waals surface area (Å²) in [5.74, 6) is -0.720. The largest absolute Gasteiger partial charge is 0.394 e. The second-order valence-electron chi connectivity index (χ2n) is 11.6. The summed E-state index contributed by atoms with van der Waals surface area (Å²) in [5.41, 5.74) is 0. The molecule has 47 heavy (non-hydrogen) atoms. The Labute approximate surface area is 268 Å². The predicted molar refractivity (Wildman–Crippen MR) is 146 cm³/mol. The lowest BCUT2D eigenvalue weighted by Gasteiger charge is -2.49. The van der Waals surface area contributed by atoms with Crippen LogP contribution in [0.3, 0.4) is 0 Å². The fourth-order valence-corrected chi connectivity index (χ4v) is 5.47. The van der Waals surface area contributed by atoms with Crippen LogP contribution < -0.4 is 5.32 Å². The zero-order valence-corrected chi connectivity index (χ0v) is 25.5. The van der Waals surface area contributed by atoms with E-state index in [1.807, 2.05) is 0 Å². The van der Waals surface area contributed by atoms with Crippen molar-refractivity contribution >= 4 is 5.91 Å². The predicted octanol–water partition coefficient (Wildman–Crippen LogP) is -8.94. The van der Waals surface area contributed by atoms with Gasteiger partial charge < -0.3 is 100 Å². The maximum Gasteiger partial charge on any atom is 0.217 e. The summed E-state index contributed by atoms with van der Waals surface area (Å²) in [5, 5.41) is 136. The normalized spacial score (nSPS) is 43.9. The molecule has 3 aliphatic heterocycles. The molecule has 1 amide bonds. The Bertz CT molecular complexity index is 965. The highest BCUT2D eigenvalue weighted by molar-refractivity contribution is 5.73. The minimum Gasteiger partial charge on any atom is -0.394 e. The number of aliphatic hydroxyl groups excluding tert-OH is 13. The summed E-state index contributed by atoms with van der Waals surface area (Å²) in [4.78, 5) is 11.8. The van der Waals surface area contributed by atoms with E-state index >= 15 is 0 Å². The van der Waals surface area contributed by atoms with Gasteiger partial charge in [0.1, 0.15) is 85.5 Å². The molecule has 0 spiro atoms. The second-order valence-corrected chi connectivity index (χ2v) is 11.6. The summed E-state index contributed by atoms with van der Waals surface area (Å²) in [6, 6.07) is -1.49. The van der Waals surface area contributed by atoms with Gasteiger partial charge in [-0.3, -0.25) is 4.79 Å². The Hall–Kier alpha value is -1.29. The van der Waals surface area contributed by atoms with Crippen LogP contribution in [-0.2, 0) is 33.2 Å². The molecule has 0 aliphatic carbocycles. The van der Waals surface area contributed by atoms with Gasteiger partial charge in [0.2, 0.25) is 5.91 Å². The van der Waals surface area contributed by atoms with E-state index in [1.54, 1.807) is 0 Å². The molecule has 276 valence electrons. The lowest BCUT2D eigenvalue weighted by molar-refractivity contribution is -0.392. The number of rotatable bonds is 14. The van der Waals surface area contributed by atoms with Crippen LogP contribution >= 0.6 is 0 Å². The van der Waals surface area contributed by atoms with Crippen LogP contribution in [-0.4, -0.2) is 215 Å². The molecule has 3 fully saturated rings. The molecule has 14 N–H and O–H groups in total. The van der Waals surface area contributed by atoms with Crippen LogP contribution in [0.5, 0.6) is 0 Å². The van der Waals surface area contributed by atoms with Gasteiger partial charge in [-0.2, -0.15) is 0 Å². The van der Waals surface area contributed by atoms with Crippen molar-refractivity contribution < 1.29 is 99.6 Å². The van der Waals surface area contributed by atoms with E-state index in [2.05, 4.69) is 5.32 Å². The Morgan fingerprint density at radius 3 is 1.74 bits per heavy atom. The number of hydrogen-bond acceptors (Lipinski definition) is 20. The number of amides is 1. The van der Waals surface area contributed by atoms with E-state index in [0.717, 1.165) is 6.92 Å². The summed E-state index contributed by atoms with van der Waals surface area (Å²) >= 11 is 0. The quantitative estimate of drug-likeness (QED) is 0.0803. The average molecular weight is 694 g/mol. The summed E-state index contributed by atoms with van der Waals surface area (Å²) in [6.07, 6.45) is -32.3. The van der Waals surface area contributed by atoms with E-state index in [4.69, 9.17) is 28.4 Å². The Morgan fingerprint density at radius 2 is 1.21 bits per heavy atom. The maximum absolute atomic E-state index is 11.8. The fraction of sp³-hybridized carbons (Fsp3) is 0.962. The van der Waals surface area contributed by atoms with Crippen LogP contribution in [0.15, 0.2) is 0 Å². The van der Waals surface area contributed by atoms with Gasteiger partial charge in [-0.05, 0) is 6.92 Å². The third kappa shape index (κ3) is 9.09. The Morgan fingerprint density at radius 1 is 0.681 bits per heavy atom. The first-order valence-electron chi connectivity index (χ1n) is 14.9. The minimum atomic E-state index is -2.05. The third-order valence-electron chi connectivity index (χ3n) is 8.23. The first kappa shape index (κ1) is 40.1. The topological polar surface area (TPSA) is 347 Å². The minimum absolute atomic E-state index is 0.720. The van der Waals surface area contributed by atoms with Crippen molar-refractivity contribution in [2.75, 3.05) is 26.4 Å². The molecule has 21 nitrogen and oxygen atoms in total. The molecule has 0 aromatic rings. The second kappa shape index (κ2) is 17.6. The Balaban J connectivity index is 2.00. The van der Waals surface area contributed by atoms with Gasteiger partial charge in [0.15, 0.2) is 18.9 Å². The molecular formula is C26H47NO20. The SMILES string of the molecule is CC(=O)NC(CO)C(OC1OC(CO)C(OC2OC(CO)C(O)C(O)C2O)C(O)C1OC1OC(C)C(O)C(O)C1O)C(O)C(O)CO. The van der Waals surface area contributed by atoms with Crippen molar-refractivity contribution in [3.63, 3.8) is 0 Å². The summed E-state index contributed by atoms with van der Waals surface area (Å²) in [7, 11) is 0. The molecule has 3 heterocycles. The molecule has 3 saturated heterocycles. The standard InChI is InChI=1S/C26H47NO20/c1-7-13(34)16(37)18(39)24(42-7)47-23-20(41)22(46-25-19(40)17(38)15(36)11(5-30)43-25)12(6-31)44-26(23)45-21(14(35)10(33)4-29)9(3-28)27-8(2)32/h7,9-26,28-31,33-41H,3-6H2,1-2H3,(H,27,32). The Kier molecular flexibility index (Phi) is 15.0. The van der Waals surface area contributed by atoms with Crippen molar-refractivity contribution in [2.24, 2.45) is 0 Å². The highest BCUT2D eigenvalue weighted by atomic mass is 16.8. The van der Waals surface area contributed by atoms with Gasteiger partial charge in [0.25, 0.3) is 0 Å². The maximum atomic E-state index is 11.8. The highest BCUT2D eigenvalue weighted by Gasteiger charge is 2.55. The first-order valence-corrected chi connectivity index (χ1v) is 14.9. The van der Waals surface area contributed by atoms with Crippen molar-refractivity contribution in [1.29, 1.82) is 0 Å². The van der Waals surface area contributed by atoms with Gasteiger partial charge in [-0.25, -0.2) is 0 Å². The van der Waals surface area contributed by atoms with Gasteiger partial charge in [-0.15, -0.1) is 0 Å². The molecule has 0 radical (unpaired) electrons. The highest BCUT2D eigenvalue weighted by Crippen LogP contribution is 2.34. The average Bonchev–Trinajstić information content (AvgIpc) is 3.05. The lowest BCUT2D eigenvalue weighted by Crippen LogP contribution is -2.67. The van der Waals surface area contributed by atoms with E-state index in [-0.39, 0.29) is 0 Å². The van der Waals surface area contributed by atoms with E-state index in [9.17, 15) is 71.2 Å². The smallest absolute Gasteiger partial charge is 0.217 e. The molecular weight excluding hydrogens is 646 g/mol. The summed E-state index contributed by atoms with van der Waals surface area (Å²) in [6.45, 7) is -1.32. The molecule has 3 rings (SSSR count). The van der Waals surface area contributed by atoms with E-state index in [0.29, 0.717) is 0 Å². The van der Waals surface area contributed by atoms with Gasteiger partial charge >= 0.3 is 0 Å². The van der Waals surface area contributed by atoms with Gasteiger partial charge in [0, 0.05) is 6.92 Å².